The quantitative estimate of drug-likeness (QED) is 0.894. The van der Waals surface area contributed by atoms with E-state index in [9.17, 15) is 0 Å². The number of hydrogen-bond acceptors (Lipinski definition) is 5. The fourth-order valence-corrected chi connectivity index (χ4v) is 2.79. The highest BCUT2D eigenvalue weighted by Gasteiger charge is 2.26. The molecule has 1 N–H and O–H groups in total. The standard InChI is InChI=1S/C14H21N5O/c1-11-16-14(17-20-11)10-18(2)13-4-6-19(9-13)8-12-3-5-15-7-12/h3,5,7,13,15H,4,6,8-10H2,1-2H3. The molecule has 0 bridgehead atoms. The first-order valence-corrected chi connectivity index (χ1v) is 7.04. The lowest BCUT2D eigenvalue weighted by atomic mass is 10.2. The van der Waals surface area contributed by atoms with Gasteiger partial charge in [0, 0.05) is 45.0 Å². The van der Waals surface area contributed by atoms with E-state index in [0.29, 0.717) is 11.9 Å². The largest absolute Gasteiger partial charge is 0.367 e. The van der Waals surface area contributed by atoms with E-state index in [1.54, 1.807) is 0 Å². The number of aryl methyl sites for hydroxylation is 1. The van der Waals surface area contributed by atoms with Gasteiger partial charge >= 0.3 is 0 Å². The van der Waals surface area contributed by atoms with Crippen molar-refractivity contribution in [1.82, 2.24) is 24.9 Å². The molecule has 3 rings (SSSR count). The van der Waals surface area contributed by atoms with Gasteiger partial charge in [0.05, 0.1) is 6.54 Å². The maximum absolute atomic E-state index is 5.02. The van der Waals surface area contributed by atoms with Gasteiger partial charge in [0.15, 0.2) is 5.82 Å². The van der Waals surface area contributed by atoms with E-state index in [2.05, 4.69) is 44.2 Å². The summed E-state index contributed by atoms with van der Waals surface area (Å²) < 4.78 is 5.02. The molecule has 2 aromatic heterocycles. The molecule has 3 heterocycles. The summed E-state index contributed by atoms with van der Waals surface area (Å²) in [7, 11) is 2.14. The van der Waals surface area contributed by atoms with Gasteiger partial charge in [0.1, 0.15) is 0 Å². The Bertz CT molecular complexity index is 536. The molecule has 1 unspecified atom stereocenters. The molecule has 1 fully saturated rings. The van der Waals surface area contributed by atoms with E-state index in [1.807, 2.05) is 13.1 Å². The highest BCUT2D eigenvalue weighted by Crippen LogP contribution is 2.18. The summed E-state index contributed by atoms with van der Waals surface area (Å²) >= 11 is 0. The van der Waals surface area contributed by atoms with Crippen LogP contribution in [0.25, 0.3) is 0 Å². The van der Waals surface area contributed by atoms with E-state index in [0.717, 1.165) is 32.0 Å². The number of likely N-dealkylation sites (N-methyl/N-ethyl adjacent to an activating group) is 1. The van der Waals surface area contributed by atoms with Crippen LogP contribution in [0.4, 0.5) is 0 Å². The topological polar surface area (TPSA) is 61.2 Å². The molecule has 0 radical (unpaired) electrons. The molecule has 6 heteroatoms. The fraction of sp³-hybridized carbons (Fsp3) is 0.571. The number of H-pyrrole nitrogens is 1. The minimum Gasteiger partial charge on any atom is -0.367 e. The zero-order chi connectivity index (χ0) is 13.9. The molecule has 0 saturated carbocycles. The van der Waals surface area contributed by atoms with Crippen molar-refractivity contribution in [1.29, 1.82) is 0 Å². The van der Waals surface area contributed by atoms with Crippen molar-refractivity contribution in [2.45, 2.75) is 32.5 Å². The molecule has 2 aromatic rings. The first kappa shape index (κ1) is 13.3. The molecule has 0 amide bonds. The Labute approximate surface area is 118 Å². The first-order valence-electron chi connectivity index (χ1n) is 7.04. The lowest BCUT2D eigenvalue weighted by Gasteiger charge is -2.23. The van der Waals surface area contributed by atoms with Gasteiger partial charge in [0.2, 0.25) is 5.89 Å². The van der Waals surface area contributed by atoms with Crippen LogP contribution in [0.2, 0.25) is 0 Å². The van der Waals surface area contributed by atoms with Gasteiger partial charge in [-0.2, -0.15) is 4.98 Å². The highest BCUT2D eigenvalue weighted by atomic mass is 16.5. The monoisotopic (exact) mass is 275 g/mol. The van der Waals surface area contributed by atoms with Crippen LogP contribution < -0.4 is 0 Å². The highest BCUT2D eigenvalue weighted by molar-refractivity contribution is 5.08. The molecule has 1 saturated heterocycles. The van der Waals surface area contributed by atoms with Crippen molar-refractivity contribution in [3.05, 3.63) is 35.7 Å². The number of nitrogens with zero attached hydrogens (tertiary/aromatic N) is 4. The van der Waals surface area contributed by atoms with Crippen LogP contribution in [0.3, 0.4) is 0 Å². The molecule has 0 spiro atoms. The second kappa shape index (κ2) is 5.76. The van der Waals surface area contributed by atoms with Crippen molar-refractivity contribution in [3.63, 3.8) is 0 Å². The number of rotatable bonds is 5. The van der Waals surface area contributed by atoms with Crippen molar-refractivity contribution < 1.29 is 4.52 Å². The Morgan fingerprint density at radius 1 is 1.55 bits per heavy atom. The Balaban J connectivity index is 1.51. The fourth-order valence-electron chi connectivity index (χ4n) is 2.79. The number of hydrogen-bond donors (Lipinski definition) is 1. The predicted octanol–water partition coefficient (Wildman–Crippen LogP) is 1.41. The van der Waals surface area contributed by atoms with Crippen LogP contribution in [0.5, 0.6) is 0 Å². The predicted molar refractivity (Wildman–Crippen MR) is 75.0 cm³/mol. The third-order valence-electron chi connectivity index (χ3n) is 3.90. The van der Waals surface area contributed by atoms with Crippen molar-refractivity contribution >= 4 is 0 Å². The summed E-state index contributed by atoms with van der Waals surface area (Å²) in [6.07, 6.45) is 5.24. The van der Waals surface area contributed by atoms with E-state index >= 15 is 0 Å². The van der Waals surface area contributed by atoms with E-state index in [1.165, 1.54) is 12.0 Å². The smallest absolute Gasteiger partial charge is 0.223 e. The number of aromatic nitrogens is 3. The van der Waals surface area contributed by atoms with Gasteiger partial charge in [-0.05, 0) is 25.1 Å². The van der Waals surface area contributed by atoms with Crippen LogP contribution in [-0.2, 0) is 13.1 Å². The third-order valence-corrected chi connectivity index (χ3v) is 3.90. The lowest BCUT2D eigenvalue weighted by molar-refractivity contribution is 0.216. The number of likely N-dealkylation sites (tertiary alicyclic amines) is 1. The van der Waals surface area contributed by atoms with Gasteiger partial charge in [-0.3, -0.25) is 9.80 Å². The summed E-state index contributed by atoms with van der Waals surface area (Å²) in [4.78, 5) is 12.2. The Kier molecular flexibility index (Phi) is 3.84. The molecule has 1 aliphatic rings. The molecule has 1 atom stereocenters. The van der Waals surface area contributed by atoms with E-state index in [-0.39, 0.29) is 0 Å². The molecule has 0 aromatic carbocycles. The van der Waals surface area contributed by atoms with E-state index < -0.39 is 0 Å². The van der Waals surface area contributed by atoms with E-state index in [4.69, 9.17) is 4.52 Å². The molecule has 0 aliphatic carbocycles. The number of nitrogens with one attached hydrogen (secondary N) is 1. The van der Waals surface area contributed by atoms with Crippen LogP contribution in [0, 0.1) is 6.92 Å². The number of aromatic amines is 1. The summed E-state index contributed by atoms with van der Waals surface area (Å²) in [6, 6.07) is 2.70. The van der Waals surface area contributed by atoms with Gasteiger partial charge in [0.25, 0.3) is 0 Å². The second-order valence-electron chi connectivity index (χ2n) is 5.54. The minimum atomic E-state index is 0.563. The first-order chi connectivity index (χ1) is 9.70. The average molecular weight is 275 g/mol. The van der Waals surface area contributed by atoms with Crippen LogP contribution in [0.15, 0.2) is 23.0 Å². The summed E-state index contributed by atoms with van der Waals surface area (Å²) in [5.74, 6) is 1.41. The maximum Gasteiger partial charge on any atom is 0.223 e. The molecular formula is C14H21N5O. The van der Waals surface area contributed by atoms with Crippen LogP contribution in [-0.4, -0.2) is 51.1 Å². The van der Waals surface area contributed by atoms with Gasteiger partial charge in [-0.1, -0.05) is 5.16 Å². The average Bonchev–Trinajstić information content (AvgIpc) is 3.12. The molecule has 108 valence electrons. The maximum atomic E-state index is 5.02. The Morgan fingerprint density at radius 3 is 3.15 bits per heavy atom. The molecular weight excluding hydrogens is 254 g/mol. The summed E-state index contributed by atoms with van der Waals surface area (Å²) in [5, 5.41) is 3.96. The van der Waals surface area contributed by atoms with Crippen LogP contribution >= 0.6 is 0 Å². The van der Waals surface area contributed by atoms with Crippen molar-refractivity contribution in [2.24, 2.45) is 0 Å². The van der Waals surface area contributed by atoms with Crippen molar-refractivity contribution in [3.8, 4) is 0 Å². The lowest BCUT2D eigenvalue weighted by Crippen LogP contribution is -2.34. The zero-order valence-corrected chi connectivity index (χ0v) is 12.0. The SMILES string of the molecule is Cc1nc(CN(C)C2CCN(Cc3cc[nH]c3)C2)no1. The minimum absolute atomic E-state index is 0.563. The van der Waals surface area contributed by atoms with Gasteiger partial charge in [-0.25, -0.2) is 0 Å². The van der Waals surface area contributed by atoms with Gasteiger partial charge in [-0.15, -0.1) is 0 Å². The zero-order valence-electron chi connectivity index (χ0n) is 12.0. The molecule has 20 heavy (non-hydrogen) atoms. The molecule has 1 aliphatic heterocycles. The van der Waals surface area contributed by atoms with Gasteiger partial charge < -0.3 is 9.51 Å². The molecule has 6 nitrogen and oxygen atoms in total. The summed E-state index contributed by atoms with van der Waals surface area (Å²) in [6.45, 7) is 5.84. The third kappa shape index (κ3) is 3.08. The Morgan fingerprint density at radius 2 is 2.45 bits per heavy atom. The summed E-state index contributed by atoms with van der Waals surface area (Å²) in [5.41, 5.74) is 1.35. The normalized spacial score (nSPS) is 20.1. The van der Waals surface area contributed by atoms with Crippen molar-refractivity contribution in [2.75, 3.05) is 20.1 Å². The second-order valence-corrected chi connectivity index (χ2v) is 5.54. The Hall–Kier alpha value is -1.66. The van der Waals surface area contributed by atoms with Crippen LogP contribution in [0.1, 0.15) is 23.7 Å².